The standard InChI is InChI=1S/C14H20N2O/c1-10-6-7-13(8-14(10)16-11(2)17)15-9-12-4-3-5-12/h6-8,12,15H,3-5,9H2,1-2H3,(H,16,17). The van der Waals surface area contributed by atoms with Gasteiger partial charge in [0.1, 0.15) is 0 Å². The number of hydrogen-bond donors (Lipinski definition) is 2. The minimum absolute atomic E-state index is 0.0238. The Morgan fingerprint density at radius 1 is 1.41 bits per heavy atom. The van der Waals surface area contributed by atoms with Gasteiger partial charge in [-0.2, -0.15) is 0 Å². The van der Waals surface area contributed by atoms with Gasteiger partial charge in [0.25, 0.3) is 0 Å². The summed E-state index contributed by atoms with van der Waals surface area (Å²) in [6.45, 7) is 4.58. The molecule has 1 aliphatic rings. The van der Waals surface area contributed by atoms with Crippen molar-refractivity contribution in [2.24, 2.45) is 5.92 Å². The number of hydrogen-bond acceptors (Lipinski definition) is 2. The van der Waals surface area contributed by atoms with Crippen molar-refractivity contribution < 1.29 is 4.79 Å². The molecule has 1 aromatic rings. The number of benzene rings is 1. The predicted octanol–water partition coefficient (Wildman–Crippen LogP) is 3.17. The van der Waals surface area contributed by atoms with Crippen molar-refractivity contribution in [1.82, 2.24) is 0 Å². The van der Waals surface area contributed by atoms with Crippen LogP contribution < -0.4 is 10.6 Å². The number of nitrogens with one attached hydrogen (secondary N) is 2. The Hall–Kier alpha value is -1.51. The first-order valence-corrected chi connectivity index (χ1v) is 6.27. The average molecular weight is 232 g/mol. The lowest BCUT2D eigenvalue weighted by Gasteiger charge is -2.26. The lowest BCUT2D eigenvalue weighted by atomic mass is 9.85. The molecule has 2 N–H and O–H groups in total. The molecule has 0 aromatic heterocycles. The maximum Gasteiger partial charge on any atom is 0.221 e. The van der Waals surface area contributed by atoms with Gasteiger partial charge in [-0.25, -0.2) is 0 Å². The fourth-order valence-electron chi connectivity index (χ4n) is 2.02. The van der Waals surface area contributed by atoms with Crippen LogP contribution in [0.5, 0.6) is 0 Å². The zero-order chi connectivity index (χ0) is 12.3. The van der Waals surface area contributed by atoms with Crippen molar-refractivity contribution in [3.63, 3.8) is 0 Å². The molecule has 2 rings (SSSR count). The van der Waals surface area contributed by atoms with Gasteiger partial charge < -0.3 is 10.6 Å². The van der Waals surface area contributed by atoms with Crippen LogP contribution in [0.1, 0.15) is 31.7 Å². The van der Waals surface area contributed by atoms with Crippen molar-refractivity contribution in [3.05, 3.63) is 23.8 Å². The molecule has 1 fully saturated rings. The average Bonchev–Trinajstić information content (AvgIpc) is 2.19. The molecule has 0 heterocycles. The summed E-state index contributed by atoms with van der Waals surface area (Å²) in [6.07, 6.45) is 4.06. The van der Waals surface area contributed by atoms with Crippen molar-refractivity contribution in [2.45, 2.75) is 33.1 Å². The number of rotatable bonds is 4. The fourth-order valence-corrected chi connectivity index (χ4v) is 2.02. The van der Waals surface area contributed by atoms with Crippen LogP contribution in [0.4, 0.5) is 11.4 Å². The molecular formula is C14H20N2O. The van der Waals surface area contributed by atoms with Gasteiger partial charge in [0.2, 0.25) is 5.91 Å². The summed E-state index contributed by atoms with van der Waals surface area (Å²) in [7, 11) is 0. The Bertz CT molecular complexity index is 411. The number of anilines is 2. The highest BCUT2D eigenvalue weighted by molar-refractivity contribution is 5.90. The number of carbonyl (C=O) groups excluding carboxylic acids is 1. The summed E-state index contributed by atoms with van der Waals surface area (Å²) in [6, 6.07) is 6.11. The SMILES string of the molecule is CC(=O)Nc1cc(NCC2CCC2)ccc1C. The van der Waals surface area contributed by atoms with E-state index in [0.29, 0.717) is 0 Å². The second kappa shape index (κ2) is 5.21. The highest BCUT2D eigenvalue weighted by Crippen LogP contribution is 2.27. The summed E-state index contributed by atoms with van der Waals surface area (Å²) in [5.41, 5.74) is 3.08. The van der Waals surface area contributed by atoms with E-state index in [9.17, 15) is 4.79 Å². The third kappa shape index (κ3) is 3.22. The van der Waals surface area contributed by atoms with E-state index in [1.54, 1.807) is 0 Å². The Labute approximate surface area is 103 Å². The first-order valence-electron chi connectivity index (χ1n) is 6.27. The summed E-state index contributed by atoms with van der Waals surface area (Å²) in [5, 5.41) is 6.29. The van der Waals surface area contributed by atoms with Crippen LogP contribution in [0.3, 0.4) is 0 Å². The van der Waals surface area contributed by atoms with Gasteiger partial charge in [-0.3, -0.25) is 4.79 Å². The van der Waals surface area contributed by atoms with Crippen molar-refractivity contribution in [1.29, 1.82) is 0 Å². The predicted molar refractivity (Wildman–Crippen MR) is 71.3 cm³/mol. The van der Waals surface area contributed by atoms with Gasteiger partial charge in [-0.15, -0.1) is 0 Å². The lowest BCUT2D eigenvalue weighted by molar-refractivity contribution is -0.114. The van der Waals surface area contributed by atoms with E-state index >= 15 is 0 Å². The first-order chi connectivity index (χ1) is 8.15. The lowest BCUT2D eigenvalue weighted by Crippen LogP contribution is -2.21. The normalized spacial score (nSPS) is 15.2. The first kappa shape index (κ1) is 12.0. The van der Waals surface area contributed by atoms with Crippen LogP contribution in [0.2, 0.25) is 0 Å². The van der Waals surface area contributed by atoms with Crippen LogP contribution in [-0.4, -0.2) is 12.5 Å². The molecular weight excluding hydrogens is 212 g/mol. The molecule has 0 saturated heterocycles. The van der Waals surface area contributed by atoms with Crippen LogP contribution in [0, 0.1) is 12.8 Å². The monoisotopic (exact) mass is 232 g/mol. The molecule has 1 aromatic carbocycles. The molecule has 0 atom stereocenters. The highest BCUT2D eigenvalue weighted by atomic mass is 16.1. The van der Waals surface area contributed by atoms with E-state index < -0.39 is 0 Å². The molecule has 92 valence electrons. The van der Waals surface area contributed by atoms with E-state index in [1.807, 2.05) is 19.1 Å². The topological polar surface area (TPSA) is 41.1 Å². The van der Waals surface area contributed by atoms with E-state index in [-0.39, 0.29) is 5.91 Å². The second-order valence-corrected chi connectivity index (χ2v) is 4.89. The van der Waals surface area contributed by atoms with Crippen LogP contribution >= 0.6 is 0 Å². The van der Waals surface area contributed by atoms with Gasteiger partial charge in [-0.1, -0.05) is 12.5 Å². The Balaban J connectivity index is 1.99. The van der Waals surface area contributed by atoms with E-state index in [0.717, 1.165) is 29.4 Å². The molecule has 1 amide bonds. The second-order valence-electron chi connectivity index (χ2n) is 4.89. The molecule has 0 radical (unpaired) electrons. The number of amides is 1. The van der Waals surface area contributed by atoms with Crippen molar-refractivity contribution in [2.75, 3.05) is 17.2 Å². The van der Waals surface area contributed by atoms with Gasteiger partial charge in [0, 0.05) is 24.8 Å². The summed E-state index contributed by atoms with van der Waals surface area (Å²) < 4.78 is 0. The van der Waals surface area contributed by atoms with E-state index in [1.165, 1.54) is 26.2 Å². The molecule has 3 heteroatoms. The van der Waals surface area contributed by atoms with Crippen LogP contribution in [-0.2, 0) is 4.79 Å². The van der Waals surface area contributed by atoms with Gasteiger partial charge >= 0.3 is 0 Å². The molecule has 0 bridgehead atoms. The summed E-state index contributed by atoms with van der Waals surface area (Å²) in [5.74, 6) is 0.810. The minimum Gasteiger partial charge on any atom is -0.385 e. The third-order valence-corrected chi connectivity index (χ3v) is 3.37. The molecule has 17 heavy (non-hydrogen) atoms. The molecule has 0 unspecified atom stereocenters. The molecule has 0 aliphatic heterocycles. The van der Waals surface area contributed by atoms with Crippen molar-refractivity contribution >= 4 is 17.3 Å². The molecule has 3 nitrogen and oxygen atoms in total. The van der Waals surface area contributed by atoms with Crippen LogP contribution in [0.25, 0.3) is 0 Å². The number of aryl methyl sites for hydroxylation is 1. The van der Waals surface area contributed by atoms with E-state index in [4.69, 9.17) is 0 Å². The van der Waals surface area contributed by atoms with Crippen molar-refractivity contribution in [3.8, 4) is 0 Å². The Morgan fingerprint density at radius 3 is 2.76 bits per heavy atom. The fraction of sp³-hybridized carbons (Fsp3) is 0.500. The molecule has 1 aliphatic carbocycles. The smallest absolute Gasteiger partial charge is 0.221 e. The molecule has 0 spiro atoms. The maximum atomic E-state index is 11.1. The quantitative estimate of drug-likeness (QED) is 0.837. The Morgan fingerprint density at radius 2 is 2.18 bits per heavy atom. The minimum atomic E-state index is -0.0238. The van der Waals surface area contributed by atoms with Gasteiger partial charge in [0.05, 0.1) is 0 Å². The largest absolute Gasteiger partial charge is 0.385 e. The third-order valence-electron chi connectivity index (χ3n) is 3.37. The summed E-state index contributed by atoms with van der Waals surface area (Å²) in [4.78, 5) is 11.1. The zero-order valence-electron chi connectivity index (χ0n) is 10.5. The zero-order valence-corrected chi connectivity index (χ0v) is 10.5. The molecule has 1 saturated carbocycles. The van der Waals surface area contributed by atoms with E-state index in [2.05, 4.69) is 16.7 Å². The summed E-state index contributed by atoms with van der Waals surface area (Å²) >= 11 is 0. The van der Waals surface area contributed by atoms with Gasteiger partial charge in [-0.05, 0) is 43.4 Å². The highest BCUT2D eigenvalue weighted by Gasteiger charge is 2.16. The number of carbonyl (C=O) groups is 1. The Kier molecular flexibility index (Phi) is 3.67. The van der Waals surface area contributed by atoms with Crippen LogP contribution in [0.15, 0.2) is 18.2 Å². The van der Waals surface area contributed by atoms with Gasteiger partial charge in [0.15, 0.2) is 0 Å². The maximum absolute atomic E-state index is 11.1.